The number of H-pyrrole nitrogens is 1. The van der Waals surface area contributed by atoms with Crippen LogP contribution >= 0.6 is 11.3 Å². The van der Waals surface area contributed by atoms with Crippen molar-refractivity contribution in [3.05, 3.63) is 54.7 Å². The average molecular weight is 497 g/mol. The highest BCUT2D eigenvalue weighted by Crippen LogP contribution is 2.40. The Bertz CT molecular complexity index is 1510. The summed E-state index contributed by atoms with van der Waals surface area (Å²) in [5.41, 5.74) is 5.42. The maximum Gasteiger partial charge on any atom is 0.162 e. The monoisotopic (exact) mass is 496 g/mol. The predicted molar refractivity (Wildman–Crippen MR) is 145 cm³/mol. The smallest absolute Gasteiger partial charge is 0.162 e. The van der Waals surface area contributed by atoms with E-state index in [1.807, 2.05) is 18.3 Å². The van der Waals surface area contributed by atoms with Gasteiger partial charge in [0.25, 0.3) is 0 Å². The third-order valence-electron chi connectivity index (χ3n) is 6.96. The average Bonchev–Trinajstić information content (AvgIpc) is 3.61. The maximum atomic E-state index is 5.63. The molecule has 2 aromatic carbocycles. The first-order valence-electron chi connectivity index (χ1n) is 12.4. The number of nitrogens with zero attached hydrogens (tertiary/aromatic N) is 6. The van der Waals surface area contributed by atoms with E-state index in [-0.39, 0.29) is 0 Å². The summed E-state index contributed by atoms with van der Waals surface area (Å²) in [6, 6.07) is 17.2. The van der Waals surface area contributed by atoms with Gasteiger partial charge in [-0.1, -0.05) is 24.3 Å². The van der Waals surface area contributed by atoms with Crippen LogP contribution in [0.2, 0.25) is 0 Å². The molecule has 5 heterocycles. The molecule has 2 aliphatic heterocycles. The number of nitrogens with one attached hydrogen (secondary N) is 1. The molecule has 8 nitrogen and oxygen atoms in total. The molecule has 1 N–H and O–H groups in total. The molecule has 9 heteroatoms. The maximum absolute atomic E-state index is 5.63. The van der Waals surface area contributed by atoms with Gasteiger partial charge in [0.2, 0.25) is 0 Å². The highest BCUT2D eigenvalue weighted by atomic mass is 32.1. The zero-order valence-corrected chi connectivity index (χ0v) is 20.7. The third kappa shape index (κ3) is 3.89. The Kier molecular flexibility index (Phi) is 5.53. The molecule has 0 unspecified atom stereocenters. The zero-order chi connectivity index (χ0) is 23.9. The summed E-state index contributed by atoms with van der Waals surface area (Å²) < 4.78 is 6.75. The molecule has 7 rings (SSSR count). The van der Waals surface area contributed by atoms with Gasteiger partial charge in [0, 0.05) is 60.8 Å². The van der Waals surface area contributed by atoms with E-state index in [1.165, 1.54) is 16.1 Å². The molecule has 5 aromatic rings. The van der Waals surface area contributed by atoms with Gasteiger partial charge in [0.1, 0.15) is 0 Å². The van der Waals surface area contributed by atoms with E-state index in [0.29, 0.717) is 13.2 Å². The number of aromatic amines is 1. The van der Waals surface area contributed by atoms with Crippen LogP contribution in [0.5, 0.6) is 0 Å². The van der Waals surface area contributed by atoms with Crippen molar-refractivity contribution in [2.75, 3.05) is 62.3 Å². The molecule has 0 aliphatic carbocycles. The number of hydrogen-bond acceptors (Lipinski definition) is 7. The first-order valence-corrected chi connectivity index (χ1v) is 13.2. The molecular formula is C27H26N7OS. The fourth-order valence-electron chi connectivity index (χ4n) is 5.03. The Morgan fingerprint density at radius 1 is 0.889 bits per heavy atom. The summed E-state index contributed by atoms with van der Waals surface area (Å²) >= 11 is 1.77. The number of morpholine rings is 1. The Morgan fingerprint density at radius 3 is 2.56 bits per heavy atom. The van der Waals surface area contributed by atoms with Crippen LogP contribution in [-0.2, 0) is 4.74 Å². The highest BCUT2D eigenvalue weighted by Gasteiger charge is 2.21. The van der Waals surface area contributed by atoms with Gasteiger partial charge in [-0.15, -0.1) is 11.3 Å². The minimum atomic E-state index is 0.710. The van der Waals surface area contributed by atoms with Crippen molar-refractivity contribution in [2.24, 2.45) is 0 Å². The van der Waals surface area contributed by atoms with E-state index in [2.05, 4.69) is 61.7 Å². The standard InChI is InChI=1S/C27H26N7OS/c1-2-20(21-17-29-32-22(21)3-1)26-30-23-16-24(36-25(23)27(31-26)34-12-14-35-15-13-34)18-4-6-19(7-5-18)33-10-8-28-9-11-33/h1-7,16-17H,8-15H2,(H,29,32). The summed E-state index contributed by atoms with van der Waals surface area (Å²) in [4.78, 5) is 16.1. The number of rotatable bonds is 4. The Labute approximate surface area is 212 Å². The summed E-state index contributed by atoms with van der Waals surface area (Å²) in [6.45, 7) is 6.88. The molecule has 0 atom stereocenters. The van der Waals surface area contributed by atoms with E-state index < -0.39 is 0 Å². The lowest BCUT2D eigenvalue weighted by Crippen LogP contribution is -2.40. The number of hydrogen-bond donors (Lipinski definition) is 1. The topological polar surface area (TPSA) is 84.3 Å². The van der Waals surface area contributed by atoms with Gasteiger partial charge in [-0.3, -0.25) is 5.10 Å². The molecule has 1 radical (unpaired) electrons. The lowest BCUT2D eigenvalue weighted by Gasteiger charge is -2.28. The number of piperazine rings is 1. The van der Waals surface area contributed by atoms with E-state index in [0.717, 1.165) is 77.6 Å². The first-order chi connectivity index (χ1) is 17.8. The third-order valence-corrected chi connectivity index (χ3v) is 8.13. The van der Waals surface area contributed by atoms with E-state index in [9.17, 15) is 0 Å². The van der Waals surface area contributed by atoms with Crippen LogP contribution in [0, 0.1) is 0 Å². The fourth-order valence-corrected chi connectivity index (χ4v) is 6.15. The van der Waals surface area contributed by atoms with Gasteiger partial charge in [0.05, 0.1) is 35.1 Å². The number of ether oxygens (including phenoxy) is 1. The fraction of sp³-hybridized carbons (Fsp3) is 0.296. The number of aromatic nitrogens is 4. The van der Waals surface area contributed by atoms with Gasteiger partial charge >= 0.3 is 0 Å². The molecule has 3 aromatic heterocycles. The van der Waals surface area contributed by atoms with Crippen molar-refractivity contribution in [1.29, 1.82) is 0 Å². The van der Waals surface area contributed by atoms with Gasteiger partial charge in [-0.2, -0.15) is 5.10 Å². The van der Waals surface area contributed by atoms with Crippen molar-refractivity contribution in [3.8, 4) is 21.8 Å². The Balaban J connectivity index is 1.32. The molecular weight excluding hydrogens is 470 g/mol. The minimum absolute atomic E-state index is 0.710. The quantitative estimate of drug-likeness (QED) is 0.402. The zero-order valence-electron chi connectivity index (χ0n) is 19.9. The second-order valence-corrected chi connectivity index (χ2v) is 10.2. The molecule has 0 bridgehead atoms. The van der Waals surface area contributed by atoms with Crippen LogP contribution in [0.3, 0.4) is 0 Å². The Hall–Kier alpha value is -3.53. The summed E-state index contributed by atoms with van der Waals surface area (Å²) in [5.74, 6) is 1.72. The van der Waals surface area contributed by atoms with Crippen LogP contribution in [0.4, 0.5) is 11.5 Å². The second-order valence-electron chi connectivity index (χ2n) is 9.14. The first kappa shape index (κ1) is 21.7. The molecule has 2 saturated heterocycles. The van der Waals surface area contributed by atoms with Crippen molar-refractivity contribution in [1.82, 2.24) is 25.5 Å². The van der Waals surface area contributed by atoms with E-state index in [1.54, 1.807) is 11.3 Å². The van der Waals surface area contributed by atoms with Crippen molar-refractivity contribution >= 4 is 44.0 Å². The van der Waals surface area contributed by atoms with Crippen LogP contribution in [-0.4, -0.2) is 72.6 Å². The lowest BCUT2D eigenvalue weighted by molar-refractivity contribution is 0.122. The molecule has 0 amide bonds. The van der Waals surface area contributed by atoms with Crippen LogP contribution in [0.25, 0.3) is 42.9 Å². The van der Waals surface area contributed by atoms with Crippen LogP contribution < -0.4 is 15.1 Å². The Morgan fingerprint density at radius 2 is 1.72 bits per heavy atom. The van der Waals surface area contributed by atoms with Gasteiger partial charge in [-0.25, -0.2) is 15.3 Å². The number of thiophene rings is 1. The van der Waals surface area contributed by atoms with Crippen LogP contribution in [0.1, 0.15) is 0 Å². The molecule has 2 aliphatic rings. The minimum Gasteiger partial charge on any atom is -0.378 e. The predicted octanol–water partition coefficient (Wildman–Crippen LogP) is 4.16. The van der Waals surface area contributed by atoms with Crippen molar-refractivity contribution in [3.63, 3.8) is 0 Å². The molecule has 0 saturated carbocycles. The van der Waals surface area contributed by atoms with Gasteiger partial charge in [-0.05, 0) is 29.8 Å². The summed E-state index contributed by atoms with van der Waals surface area (Å²) in [5, 5.41) is 12.8. The van der Waals surface area contributed by atoms with Crippen molar-refractivity contribution in [2.45, 2.75) is 0 Å². The van der Waals surface area contributed by atoms with E-state index in [4.69, 9.17) is 14.7 Å². The molecule has 0 spiro atoms. The SMILES string of the molecule is c1cc(-c2nc(N3CCOCC3)c3sc(-c4ccc(N5CC[N]CC5)cc4)cc3n2)c2cn[nH]c2c1. The van der Waals surface area contributed by atoms with Gasteiger partial charge < -0.3 is 14.5 Å². The highest BCUT2D eigenvalue weighted by molar-refractivity contribution is 7.22. The molecule has 181 valence electrons. The second kappa shape index (κ2) is 9.16. The summed E-state index contributed by atoms with van der Waals surface area (Å²) in [7, 11) is 0. The number of benzene rings is 2. The van der Waals surface area contributed by atoms with Crippen LogP contribution in [0.15, 0.2) is 54.7 Å². The van der Waals surface area contributed by atoms with Crippen molar-refractivity contribution < 1.29 is 4.74 Å². The molecule has 2 fully saturated rings. The number of fused-ring (bicyclic) bond motifs is 2. The molecule has 36 heavy (non-hydrogen) atoms. The summed E-state index contributed by atoms with van der Waals surface area (Å²) in [6.07, 6.45) is 1.85. The largest absolute Gasteiger partial charge is 0.378 e. The lowest BCUT2D eigenvalue weighted by atomic mass is 10.1. The van der Waals surface area contributed by atoms with E-state index >= 15 is 0 Å². The van der Waals surface area contributed by atoms with Gasteiger partial charge in [0.15, 0.2) is 11.6 Å². The number of anilines is 2. The normalized spacial score (nSPS) is 16.8.